The molecule has 13 heavy (non-hydrogen) atoms. The summed E-state index contributed by atoms with van der Waals surface area (Å²) in [6, 6.07) is 0. The van der Waals surface area contributed by atoms with Gasteiger partial charge in [0.15, 0.2) is 5.75 Å². The number of ether oxygens (including phenoxy) is 1. The van der Waals surface area contributed by atoms with Crippen molar-refractivity contribution in [2.45, 2.75) is 20.4 Å². The molecule has 0 unspecified atom stereocenters. The van der Waals surface area contributed by atoms with Gasteiger partial charge in [0.05, 0.1) is 6.54 Å². The second-order valence-corrected chi connectivity index (χ2v) is 2.75. The highest BCUT2D eigenvalue weighted by molar-refractivity contribution is 5.48. The van der Waals surface area contributed by atoms with Crippen LogP contribution in [0.15, 0.2) is 6.20 Å². The van der Waals surface area contributed by atoms with E-state index in [1.165, 1.54) is 0 Å². The van der Waals surface area contributed by atoms with E-state index in [-0.39, 0.29) is 0 Å². The minimum Gasteiger partial charge on any atom is -0.427 e. The van der Waals surface area contributed by atoms with Crippen LogP contribution in [0.4, 0.5) is 0 Å². The Morgan fingerprint density at radius 2 is 2.38 bits per heavy atom. The van der Waals surface area contributed by atoms with Crippen molar-refractivity contribution in [2.75, 3.05) is 0 Å². The average molecular weight is 177 g/mol. The lowest BCUT2D eigenvalue weighted by atomic mass is 10.3. The maximum Gasteiger partial charge on any atom is 0.298 e. The molecule has 0 radical (unpaired) electrons. The Morgan fingerprint density at radius 3 is 2.92 bits per heavy atom. The van der Waals surface area contributed by atoms with Gasteiger partial charge in [-0.05, 0) is 13.8 Å². The third kappa shape index (κ3) is 1.73. The van der Waals surface area contributed by atoms with Crippen LogP contribution in [0, 0.1) is 26.2 Å². The van der Waals surface area contributed by atoms with Crippen LogP contribution in [-0.2, 0) is 11.3 Å². The molecule has 0 atom stereocenters. The minimum atomic E-state index is 0.419. The van der Waals surface area contributed by atoms with Gasteiger partial charge in [-0.25, -0.2) is 0 Å². The van der Waals surface area contributed by atoms with Gasteiger partial charge in [-0.3, -0.25) is 4.79 Å². The van der Waals surface area contributed by atoms with Crippen molar-refractivity contribution in [2.24, 2.45) is 0 Å². The molecule has 0 aliphatic carbocycles. The molecule has 1 heterocycles. The number of terminal acetylenes is 1. The molecule has 0 aliphatic rings. The van der Waals surface area contributed by atoms with Crippen LogP contribution < -0.4 is 4.74 Å². The lowest BCUT2D eigenvalue weighted by Crippen LogP contribution is -1.95. The molecule has 68 valence electrons. The van der Waals surface area contributed by atoms with Crippen molar-refractivity contribution in [1.82, 2.24) is 4.57 Å². The third-order valence-electron chi connectivity index (χ3n) is 2.05. The SMILES string of the molecule is C#CCn1cc(OC=O)c(C)c1C. The molecule has 0 N–H and O–H groups in total. The van der Waals surface area contributed by atoms with Crippen LogP contribution in [0.2, 0.25) is 0 Å². The molecule has 0 spiro atoms. The standard InChI is InChI=1S/C10H11NO2/c1-4-5-11-6-10(13-7-12)8(2)9(11)3/h1,6-7H,5H2,2-3H3. The second kappa shape index (κ2) is 3.81. The summed E-state index contributed by atoms with van der Waals surface area (Å²) < 4.78 is 6.64. The Kier molecular flexibility index (Phi) is 2.76. The fourth-order valence-corrected chi connectivity index (χ4v) is 1.16. The minimum absolute atomic E-state index is 0.419. The molecule has 3 nitrogen and oxygen atoms in total. The lowest BCUT2D eigenvalue weighted by molar-refractivity contribution is -0.120. The van der Waals surface area contributed by atoms with E-state index in [1.807, 2.05) is 18.4 Å². The molecule has 0 aliphatic heterocycles. The van der Waals surface area contributed by atoms with Crippen LogP contribution in [0.3, 0.4) is 0 Å². The number of carbonyl (C=O) groups is 1. The van der Waals surface area contributed by atoms with E-state index in [2.05, 4.69) is 5.92 Å². The molecular formula is C10H11NO2. The van der Waals surface area contributed by atoms with E-state index in [0.29, 0.717) is 18.8 Å². The molecule has 1 aromatic heterocycles. The van der Waals surface area contributed by atoms with Gasteiger partial charge in [0.25, 0.3) is 6.47 Å². The Morgan fingerprint density at radius 1 is 1.69 bits per heavy atom. The number of aromatic nitrogens is 1. The maximum atomic E-state index is 10.1. The fourth-order valence-electron chi connectivity index (χ4n) is 1.16. The topological polar surface area (TPSA) is 31.2 Å². The first-order chi connectivity index (χ1) is 6.20. The van der Waals surface area contributed by atoms with Crippen molar-refractivity contribution >= 4 is 6.47 Å². The van der Waals surface area contributed by atoms with Crippen molar-refractivity contribution in [1.29, 1.82) is 0 Å². The molecule has 0 saturated heterocycles. The molecule has 0 fully saturated rings. The summed E-state index contributed by atoms with van der Waals surface area (Å²) in [4.78, 5) is 10.1. The van der Waals surface area contributed by atoms with E-state index in [9.17, 15) is 4.79 Å². The van der Waals surface area contributed by atoms with Crippen molar-refractivity contribution in [3.05, 3.63) is 17.5 Å². The zero-order valence-corrected chi connectivity index (χ0v) is 7.70. The first kappa shape index (κ1) is 9.40. The highest BCUT2D eigenvalue weighted by atomic mass is 16.5. The first-order valence-electron chi connectivity index (χ1n) is 3.90. The van der Waals surface area contributed by atoms with Gasteiger partial charge in [-0.2, -0.15) is 0 Å². The quantitative estimate of drug-likeness (QED) is 0.514. The molecule has 0 saturated carbocycles. The van der Waals surface area contributed by atoms with Crippen molar-refractivity contribution in [3.8, 4) is 18.1 Å². The van der Waals surface area contributed by atoms with E-state index >= 15 is 0 Å². The first-order valence-corrected chi connectivity index (χ1v) is 3.90. The smallest absolute Gasteiger partial charge is 0.298 e. The molecule has 3 heteroatoms. The largest absolute Gasteiger partial charge is 0.427 e. The number of hydrogen-bond donors (Lipinski definition) is 0. The van der Waals surface area contributed by atoms with Gasteiger partial charge in [0.1, 0.15) is 0 Å². The monoisotopic (exact) mass is 177 g/mol. The summed E-state index contributed by atoms with van der Waals surface area (Å²) in [6.45, 7) is 4.74. The highest BCUT2D eigenvalue weighted by Crippen LogP contribution is 2.22. The van der Waals surface area contributed by atoms with Crippen LogP contribution in [0.25, 0.3) is 0 Å². The number of hydrogen-bond acceptors (Lipinski definition) is 2. The maximum absolute atomic E-state index is 10.1. The summed E-state index contributed by atoms with van der Waals surface area (Å²) in [6.07, 6.45) is 6.92. The van der Waals surface area contributed by atoms with Gasteiger partial charge < -0.3 is 9.30 Å². The third-order valence-corrected chi connectivity index (χ3v) is 2.05. The summed E-state index contributed by atoms with van der Waals surface area (Å²) in [5.41, 5.74) is 1.97. The van der Waals surface area contributed by atoms with Crippen molar-refractivity contribution in [3.63, 3.8) is 0 Å². The van der Waals surface area contributed by atoms with Gasteiger partial charge in [0, 0.05) is 17.5 Å². The van der Waals surface area contributed by atoms with E-state index < -0.39 is 0 Å². The zero-order chi connectivity index (χ0) is 9.84. The van der Waals surface area contributed by atoms with Gasteiger partial charge >= 0.3 is 0 Å². The summed E-state index contributed by atoms with van der Waals surface area (Å²) in [5.74, 6) is 3.10. The van der Waals surface area contributed by atoms with E-state index in [1.54, 1.807) is 6.20 Å². The normalized spacial score (nSPS) is 9.31. The Labute approximate surface area is 77.3 Å². The summed E-state index contributed by atoms with van der Waals surface area (Å²) in [7, 11) is 0. The van der Waals surface area contributed by atoms with Gasteiger partial charge in [-0.15, -0.1) is 6.42 Å². The Bertz CT molecular complexity index is 358. The molecule has 0 bridgehead atoms. The van der Waals surface area contributed by atoms with Crippen LogP contribution in [0.1, 0.15) is 11.3 Å². The van der Waals surface area contributed by atoms with Crippen LogP contribution in [-0.4, -0.2) is 11.0 Å². The molecule has 1 aromatic rings. The molecule has 0 aromatic carbocycles. The predicted molar refractivity (Wildman–Crippen MR) is 49.4 cm³/mol. The number of carbonyl (C=O) groups excluding carboxylic acids is 1. The van der Waals surface area contributed by atoms with Crippen LogP contribution in [0.5, 0.6) is 5.75 Å². The Balaban J connectivity index is 3.05. The van der Waals surface area contributed by atoms with Crippen molar-refractivity contribution < 1.29 is 9.53 Å². The summed E-state index contributed by atoms with van der Waals surface area (Å²) >= 11 is 0. The predicted octanol–water partition coefficient (Wildman–Crippen LogP) is 1.27. The van der Waals surface area contributed by atoms with E-state index in [0.717, 1.165) is 11.3 Å². The molecular weight excluding hydrogens is 166 g/mol. The summed E-state index contributed by atoms with van der Waals surface area (Å²) in [5, 5.41) is 0. The van der Waals surface area contributed by atoms with E-state index in [4.69, 9.17) is 11.2 Å². The van der Waals surface area contributed by atoms with Gasteiger partial charge in [-0.1, -0.05) is 5.92 Å². The Hall–Kier alpha value is -1.69. The zero-order valence-electron chi connectivity index (χ0n) is 7.70. The second-order valence-electron chi connectivity index (χ2n) is 2.75. The fraction of sp³-hybridized carbons (Fsp3) is 0.300. The number of nitrogens with zero attached hydrogens (tertiary/aromatic N) is 1. The molecule has 1 rings (SSSR count). The lowest BCUT2D eigenvalue weighted by Gasteiger charge is -1.98. The number of rotatable bonds is 3. The highest BCUT2D eigenvalue weighted by Gasteiger charge is 2.08. The van der Waals surface area contributed by atoms with Crippen LogP contribution >= 0.6 is 0 Å². The average Bonchev–Trinajstić information content (AvgIpc) is 2.36. The molecule has 0 amide bonds. The van der Waals surface area contributed by atoms with Gasteiger partial charge in [0.2, 0.25) is 0 Å².